The van der Waals surface area contributed by atoms with E-state index in [2.05, 4.69) is 67.5 Å². The van der Waals surface area contributed by atoms with E-state index in [-0.39, 0.29) is 0 Å². The summed E-state index contributed by atoms with van der Waals surface area (Å²) in [6.45, 7) is 17.6. The molecule has 2 atom stereocenters. The molecule has 0 aromatic carbocycles. The zero-order chi connectivity index (χ0) is 17.1. The van der Waals surface area contributed by atoms with Gasteiger partial charge in [-0.05, 0) is 55.9 Å². The Balaban J connectivity index is 2.62. The van der Waals surface area contributed by atoms with Crippen LogP contribution in [0.4, 0.5) is 0 Å². The molecule has 1 unspecified atom stereocenters. The van der Waals surface area contributed by atoms with Gasteiger partial charge < -0.3 is 9.33 Å². The standard InChI is InChI=1S/C19H41NOSi/c1-10-12-19(20(8)9)14-18(19)11-13-21-22(15(2)3,16(4)5)17(6)7/h15-18H,10-14H2,1-9H3/t18?,19-/m0/s1. The average molecular weight is 328 g/mol. The van der Waals surface area contributed by atoms with E-state index in [4.69, 9.17) is 4.43 Å². The first-order valence-corrected chi connectivity index (χ1v) is 11.6. The van der Waals surface area contributed by atoms with Crippen molar-refractivity contribution in [2.24, 2.45) is 5.92 Å². The molecule has 1 saturated carbocycles. The van der Waals surface area contributed by atoms with Crippen LogP contribution in [-0.2, 0) is 4.43 Å². The van der Waals surface area contributed by atoms with Gasteiger partial charge in [0.15, 0.2) is 8.32 Å². The maximum absolute atomic E-state index is 6.74. The first-order chi connectivity index (χ1) is 10.1. The van der Waals surface area contributed by atoms with Gasteiger partial charge >= 0.3 is 0 Å². The van der Waals surface area contributed by atoms with Crippen LogP contribution in [0.5, 0.6) is 0 Å². The van der Waals surface area contributed by atoms with Gasteiger partial charge in [0, 0.05) is 12.1 Å². The SMILES string of the molecule is CCC[C@]1(N(C)C)CC1CCO[Si](C(C)C)(C(C)C)C(C)C. The predicted octanol–water partition coefficient (Wildman–Crippen LogP) is 5.69. The Morgan fingerprint density at radius 1 is 1.05 bits per heavy atom. The molecule has 0 spiro atoms. The third-order valence-electron chi connectivity index (χ3n) is 6.30. The second-order valence-electron chi connectivity index (χ2n) is 8.60. The van der Waals surface area contributed by atoms with Crippen LogP contribution in [0.25, 0.3) is 0 Å². The molecular formula is C19H41NOSi. The van der Waals surface area contributed by atoms with E-state index in [1.165, 1.54) is 25.7 Å². The molecule has 0 amide bonds. The minimum atomic E-state index is -1.67. The maximum atomic E-state index is 6.74. The second kappa shape index (κ2) is 7.81. The smallest absolute Gasteiger partial charge is 0.200 e. The molecule has 1 aliphatic carbocycles. The number of rotatable bonds is 10. The van der Waals surface area contributed by atoms with Crippen molar-refractivity contribution in [2.45, 2.75) is 96.3 Å². The van der Waals surface area contributed by atoms with Crippen LogP contribution in [0.3, 0.4) is 0 Å². The monoisotopic (exact) mass is 327 g/mol. The number of hydrogen-bond donors (Lipinski definition) is 0. The molecule has 1 rings (SSSR count). The van der Waals surface area contributed by atoms with Gasteiger partial charge in [0.2, 0.25) is 0 Å². The van der Waals surface area contributed by atoms with Crippen LogP contribution < -0.4 is 0 Å². The third-order valence-corrected chi connectivity index (χ3v) is 12.4. The summed E-state index contributed by atoms with van der Waals surface area (Å²) >= 11 is 0. The van der Waals surface area contributed by atoms with Crippen LogP contribution in [0.1, 0.15) is 74.1 Å². The lowest BCUT2D eigenvalue weighted by Crippen LogP contribution is -2.48. The molecule has 1 aliphatic rings. The van der Waals surface area contributed by atoms with Gasteiger partial charge in [-0.2, -0.15) is 0 Å². The molecule has 132 valence electrons. The summed E-state index contributed by atoms with van der Waals surface area (Å²) in [5, 5.41) is 0. The Hall–Kier alpha value is 0.137. The predicted molar refractivity (Wildman–Crippen MR) is 101 cm³/mol. The average Bonchev–Trinajstić information content (AvgIpc) is 3.08. The topological polar surface area (TPSA) is 12.5 Å². The lowest BCUT2D eigenvalue weighted by atomic mass is 10.1. The fourth-order valence-electron chi connectivity index (χ4n) is 5.13. The van der Waals surface area contributed by atoms with Crippen molar-refractivity contribution in [3.05, 3.63) is 0 Å². The van der Waals surface area contributed by atoms with Crippen molar-refractivity contribution >= 4 is 8.32 Å². The van der Waals surface area contributed by atoms with Gasteiger partial charge in [0.1, 0.15) is 0 Å². The summed E-state index contributed by atoms with van der Waals surface area (Å²) in [7, 11) is 2.84. The molecule has 0 radical (unpaired) electrons. The molecule has 22 heavy (non-hydrogen) atoms. The quantitative estimate of drug-likeness (QED) is 0.478. The maximum Gasteiger partial charge on any atom is 0.200 e. The summed E-state index contributed by atoms with van der Waals surface area (Å²) in [6, 6.07) is 0. The zero-order valence-electron chi connectivity index (χ0n) is 16.7. The first kappa shape index (κ1) is 20.2. The van der Waals surface area contributed by atoms with Crippen molar-refractivity contribution < 1.29 is 4.43 Å². The first-order valence-electron chi connectivity index (χ1n) is 9.46. The highest BCUT2D eigenvalue weighted by Gasteiger charge is 2.54. The molecule has 2 nitrogen and oxygen atoms in total. The summed E-state index contributed by atoms with van der Waals surface area (Å²) < 4.78 is 6.74. The largest absolute Gasteiger partial charge is 0.416 e. The molecular weight excluding hydrogens is 286 g/mol. The summed E-state index contributed by atoms with van der Waals surface area (Å²) in [5.74, 6) is 0.848. The minimum Gasteiger partial charge on any atom is -0.416 e. The summed E-state index contributed by atoms with van der Waals surface area (Å²) in [4.78, 5) is 2.47. The molecule has 0 heterocycles. The summed E-state index contributed by atoms with van der Waals surface area (Å²) in [5.41, 5.74) is 2.57. The molecule has 0 saturated heterocycles. The molecule has 0 aliphatic heterocycles. The van der Waals surface area contributed by atoms with Gasteiger partial charge in [-0.25, -0.2) is 0 Å². The van der Waals surface area contributed by atoms with Crippen molar-refractivity contribution in [3.63, 3.8) is 0 Å². The van der Waals surface area contributed by atoms with E-state index in [0.29, 0.717) is 22.2 Å². The van der Waals surface area contributed by atoms with E-state index >= 15 is 0 Å². The van der Waals surface area contributed by atoms with Crippen molar-refractivity contribution in [3.8, 4) is 0 Å². The molecule has 0 bridgehead atoms. The van der Waals surface area contributed by atoms with Crippen molar-refractivity contribution in [1.29, 1.82) is 0 Å². The fourth-order valence-corrected chi connectivity index (χ4v) is 10.6. The second-order valence-corrected chi connectivity index (χ2v) is 14.1. The third kappa shape index (κ3) is 3.79. The molecule has 0 N–H and O–H groups in total. The molecule has 0 aromatic heterocycles. The number of nitrogens with zero attached hydrogens (tertiary/aromatic N) is 1. The highest BCUT2D eigenvalue weighted by Crippen LogP contribution is 2.53. The van der Waals surface area contributed by atoms with E-state index in [9.17, 15) is 0 Å². The van der Waals surface area contributed by atoms with Crippen LogP contribution in [-0.4, -0.2) is 39.5 Å². The van der Waals surface area contributed by atoms with Gasteiger partial charge in [-0.3, -0.25) is 0 Å². The fraction of sp³-hybridized carbons (Fsp3) is 1.00. The highest BCUT2D eigenvalue weighted by atomic mass is 28.4. The van der Waals surface area contributed by atoms with Gasteiger partial charge in [-0.15, -0.1) is 0 Å². The molecule has 1 fully saturated rings. The van der Waals surface area contributed by atoms with E-state index < -0.39 is 8.32 Å². The van der Waals surface area contributed by atoms with Gasteiger partial charge in [-0.1, -0.05) is 54.9 Å². The summed E-state index contributed by atoms with van der Waals surface area (Å²) in [6.07, 6.45) is 5.25. The van der Waals surface area contributed by atoms with Crippen LogP contribution in [0.2, 0.25) is 16.6 Å². The van der Waals surface area contributed by atoms with E-state index in [1.54, 1.807) is 0 Å². The van der Waals surface area contributed by atoms with Gasteiger partial charge in [0.25, 0.3) is 0 Å². The van der Waals surface area contributed by atoms with Crippen LogP contribution >= 0.6 is 0 Å². The Morgan fingerprint density at radius 2 is 1.55 bits per heavy atom. The minimum absolute atomic E-state index is 0.482. The molecule has 0 aromatic rings. The lowest BCUT2D eigenvalue weighted by Gasteiger charge is -2.42. The molecule has 3 heteroatoms. The lowest BCUT2D eigenvalue weighted by molar-refractivity contribution is 0.208. The Bertz CT molecular complexity index is 319. The van der Waals surface area contributed by atoms with Crippen molar-refractivity contribution in [2.75, 3.05) is 20.7 Å². The van der Waals surface area contributed by atoms with Crippen LogP contribution in [0.15, 0.2) is 0 Å². The highest BCUT2D eigenvalue weighted by molar-refractivity contribution is 6.77. The van der Waals surface area contributed by atoms with Gasteiger partial charge in [0.05, 0.1) is 0 Å². The van der Waals surface area contributed by atoms with Crippen molar-refractivity contribution in [1.82, 2.24) is 4.90 Å². The van der Waals surface area contributed by atoms with E-state index in [0.717, 1.165) is 12.5 Å². The normalized spacial score (nSPS) is 25.8. The van der Waals surface area contributed by atoms with Crippen LogP contribution in [0, 0.1) is 5.92 Å². The van der Waals surface area contributed by atoms with E-state index in [1.807, 2.05) is 0 Å². The Morgan fingerprint density at radius 3 is 1.91 bits per heavy atom. The Labute approximate surface area is 141 Å². The number of hydrogen-bond acceptors (Lipinski definition) is 2. The Kier molecular flexibility index (Phi) is 7.16. The zero-order valence-corrected chi connectivity index (χ0v) is 17.7.